The first-order chi connectivity index (χ1) is 31.6. The largest absolute Gasteiger partial charge is 0.309 e. The molecule has 0 aliphatic carbocycles. The summed E-state index contributed by atoms with van der Waals surface area (Å²) in [7, 11) is 0. The van der Waals surface area contributed by atoms with Gasteiger partial charge < -0.3 is 4.57 Å². The van der Waals surface area contributed by atoms with Crippen molar-refractivity contribution in [1.82, 2.24) is 9.55 Å². The molecule has 0 bridgehead atoms. The molecule has 0 amide bonds. The van der Waals surface area contributed by atoms with Gasteiger partial charge in [0.25, 0.3) is 0 Å². The summed E-state index contributed by atoms with van der Waals surface area (Å²) >= 11 is 0. The molecule has 0 aliphatic rings. The van der Waals surface area contributed by atoms with E-state index in [2.05, 4.69) is 236 Å². The predicted octanol–water partition coefficient (Wildman–Crippen LogP) is 16.9. The zero-order chi connectivity index (χ0) is 42.3. The van der Waals surface area contributed by atoms with Crippen LogP contribution < -0.4 is 0 Å². The highest BCUT2D eigenvalue weighted by molar-refractivity contribution is 6.29. The number of aromatic nitrogens is 2. The molecule has 2 heteroatoms. The van der Waals surface area contributed by atoms with Crippen LogP contribution in [0.5, 0.6) is 0 Å². The van der Waals surface area contributed by atoms with Gasteiger partial charge in [-0.2, -0.15) is 0 Å². The van der Waals surface area contributed by atoms with E-state index in [1.54, 1.807) is 0 Å². The van der Waals surface area contributed by atoms with Gasteiger partial charge >= 0.3 is 0 Å². The Morgan fingerprint density at radius 3 is 1.42 bits per heavy atom. The van der Waals surface area contributed by atoms with Crippen LogP contribution in [0.2, 0.25) is 0 Å². The lowest BCUT2D eigenvalue weighted by Crippen LogP contribution is -1.98. The third kappa shape index (κ3) is 5.91. The standard InChI is InChI=1S/C62H40N2/c1-39-19-21-43(22-20-39)46-27-29-53-51-17-9-10-18-52(51)56-38-62-58(37-55(56)54(53)33-46)57-34-47(40-11-3-2-4-12-40)28-30-61(57)64(62)50-35-59(48-25-23-41-13-5-7-15-44(41)31-48)63-60(36-50)49-26-24-42-14-6-8-16-45(42)32-49/h2-38H,1H3. The van der Waals surface area contributed by atoms with Crippen molar-refractivity contribution in [3.8, 4) is 50.5 Å². The molecule has 2 nitrogen and oxygen atoms in total. The van der Waals surface area contributed by atoms with E-state index in [1.165, 1.54) is 92.5 Å². The lowest BCUT2D eigenvalue weighted by molar-refractivity contribution is 1.16. The minimum atomic E-state index is 0.934. The van der Waals surface area contributed by atoms with Gasteiger partial charge in [-0.15, -0.1) is 0 Å². The third-order valence-electron chi connectivity index (χ3n) is 13.4. The molecule has 0 unspecified atom stereocenters. The zero-order valence-electron chi connectivity index (χ0n) is 35.3. The molecule has 298 valence electrons. The highest BCUT2D eigenvalue weighted by Gasteiger charge is 2.20. The second kappa shape index (κ2) is 14.4. The molecule has 0 aliphatic heterocycles. The van der Waals surface area contributed by atoms with Gasteiger partial charge in [-0.1, -0.05) is 175 Å². The summed E-state index contributed by atoms with van der Waals surface area (Å²) in [6.45, 7) is 2.15. The Balaban J connectivity index is 1.14. The van der Waals surface area contributed by atoms with E-state index in [1.807, 2.05) is 0 Å². The molecule has 64 heavy (non-hydrogen) atoms. The Kier molecular flexibility index (Phi) is 8.16. The Morgan fingerprint density at radius 1 is 0.281 bits per heavy atom. The Labute approximate surface area is 370 Å². The molecule has 0 fully saturated rings. The molecule has 0 N–H and O–H groups in total. The van der Waals surface area contributed by atoms with Crippen molar-refractivity contribution in [3.63, 3.8) is 0 Å². The van der Waals surface area contributed by atoms with Crippen molar-refractivity contribution in [1.29, 1.82) is 0 Å². The number of aryl methyl sites for hydroxylation is 1. The maximum absolute atomic E-state index is 5.46. The smallest absolute Gasteiger partial charge is 0.0730 e. The Morgan fingerprint density at radius 2 is 0.750 bits per heavy atom. The molecule has 0 spiro atoms. The van der Waals surface area contributed by atoms with Crippen molar-refractivity contribution in [2.24, 2.45) is 0 Å². The minimum absolute atomic E-state index is 0.934. The lowest BCUT2D eigenvalue weighted by atomic mass is 9.91. The molecule has 0 saturated heterocycles. The van der Waals surface area contributed by atoms with Crippen molar-refractivity contribution in [2.45, 2.75) is 6.92 Å². The topological polar surface area (TPSA) is 17.8 Å². The van der Waals surface area contributed by atoms with E-state index in [4.69, 9.17) is 4.98 Å². The van der Waals surface area contributed by atoms with Gasteiger partial charge in [0.05, 0.1) is 28.1 Å². The van der Waals surface area contributed by atoms with E-state index in [9.17, 15) is 0 Å². The second-order valence-corrected chi connectivity index (χ2v) is 17.2. The first-order valence-corrected chi connectivity index (χ1v) is 22.1. The average molecular weight is 813 g/mol. The van der Waals surface area contributed by atoms with Crippen LogP contribution in [-0.4, -0.2) is 9.55 Å². The molecule has 2 heterocycles. The van der Waals surface area contributed by atoms with Gasteiger partial charge in [-0.05, 0) is 138 Å². The fourth-order valence-electron chi connectivity index (χ4n) is 10.1. The van der Waals surface area contributed by atoms with Crippen LogP contribution >= 0.6 is 0 Å². The van der Waals surface area contributed by atoms with Crippen LogP contribution in [0.25, 0.3) is 126 Å². The number of rotatable bonds is 5. The second-order valence-electron chi connectivity index (χ2n) is 17.2. The lowest BCUT2D eigenvalue weighted by Gasteiger charge is -2.15. The van der Waals surface area contributed by atoms with Crippen LogP contribution in [-0.2, 0) is 0 Å². The van der Waals surface area contributed by atoms with Crippen molar-refractivity contribution < 1.29 is 0 Å². The maximum atomic E-state index is 5.46. The quantitative estimate of drug-likeness (QED) is 0.158. The molecule has 13 rings (SSSR count). The van der Waals surface area contributed by atoms with Gasteiger partial charge in [0.2, 0.25) is 0 Å². The maximum Gasteiger partial charge on any atom is 0.0730 e. The molecule has 0 radical (unpaired) electrons. The van der Waals surface area contributed by atoms with Gasteiger partial charge in [-0.25, -0.2) is 4.98 Å². The summed E-state index contributed by atoms with van der Waals surface area (Å²) in [5.74, 6) is 0. The number of nitrogens with zero attached hydrogens (tertiary/aromatic N) is 2. The third-order valence-corrected chi connectivity index (χ3v) is 13.4. The number of benzene rings is 11. The van der Waals surface area contributed by atoms with Crippen molar-refractivity contribution in [2.75, 3.05) is 0 Å². The summed E-state index contributed by atoms with van der Waals surface area (Å²) in [5.41, 5.74) is 13.5. The van der Waals surface area contributed by atoms with Gasteiger partial charge in [-0.3, -0.25) is 0 Å². The number of pyridine rings is 1. The van der Waals surface area contributed by atoms with E-state index >= 15 is 0 Å². The summed E-state index contributed by atoms with van der Waals surface area (Å²) in [5, 5.41) is 14.8. The molecule has 0 atom stereocenters. The van der Waals surface area contributed by atoms with Crippen molar-refractivity contribution >= 4 is 75.7 Å². The van der Waals surface area contributed by atoms with E-state index in [-0.39, 0.29) is 0 Å². The fourth-order valence-corrected chi connectivity index (χ4v) is 10.1. The summed E-state index contributed by atoms with van der Waals surface area (Å²) in [4.78, 5) is 5.46. The molecule has 2 aromatic heterocycles. The SMILES string of the molecule is Cc1ccc(-c2ccc3c4ccccc4c4cc5c(cc4c3c2)c2cc(-c3ccccc3)ccc2n5-c2cc(-c3ccc4ccccc4c3)nc(-c3ccc4ccccc4c3)c2)cc1. The van der Waals surface area contributed by atoms with Crippen LogP contribution in [0.3, 0.4) is 0 Å². The summed E-state index contributed by atoms with van der Waals surface area (Å²) < 4.78 is 2.48. The van der Waals surface area contributed by atoms with Crippen molar-refractivity contribution in [3.05, 3.63) is 230 Å². The highest BCUT2D eigenvalue weighted by atomic mass is 15.0. The van der Waals surface area contributed by atoms with Crippen LogP contribution in [0.1, 0.15) is 5.56 Å². The van der Waals surface area contributed by atoms with Crippen LogP contribution in [0.4, 0.5) is 0 Å². The normalized spacial score (nSPS) is 11.8. The molecule has 13 aromatic rings. The summed E-state index contributed by atoms with van der Waals surface area (Å²) in [6.07, 6.45) is 0. The van der Waals surface area contributed by atoms with E-state index < -0.39 is 0 Å². The van der Waals surface area contributed by atoms with Crippen LogP contribution in [0.15, 0.2) is 224 Å². The van der Waals surface area contributed by atoms with Gasteiger partial charge in [0, 0.05) is 21.9 Å². The number of hydrogen-bond acceptors (Lipinski definition) is 1. The van der Waals surface area contributed by atoms with Gasteiger partial charge in [0.15, 0.2) is 0 Å². The monoisotopic (exact) mass is 812 g/mol. The fraction of sp³-hybridized carbons (Fsp3) is 0.0161. The Hall–Kier alpha value is -8.33. The molecular weight excluding hydrogens is 773 g/mol. The minimum Gasteiger partial charge on any atom is -0.309 e. The van der Waals surface area contributed by atoms with Crippen LogP contribution in [0, 0.1) is 6.92 Å². The average Bonchev–Trinajstić information content (AvgIpc) is 3.68. The number of hydrogen-bond donors (Lipinski definition) is 0. The predicted molar refractivity (Wildman–Crippen MR) is 273 cm³/mol. The zero-order valence-corrected chi connectivity index (χ0v) is 35.3. The molecule has 11 aromatic carbocycles. The highest BCUT2D eigenvalue weighted by Crippen LogP contribution is 2.44. The van der Waals surface area contributed by atoms with Gasteiger partial charge in [0.1, 0.15) is 0 Å². The number of fused-ring (bicyclic) bond motifs is 11. The first-order valence-electron chi connectivity index (χ1n) is 22.1. The van der Waals surface area contributed by atoms with E-state index in [0.717, 1.165) is 39.2 Å². The first kappa shape index (κ1) is 36.3. The summed E-state index contributed by atoms with van der Waals surface area (Å²) in [6, 6.07) is 82.6. The molecular formula is C62H40N2. The molecule has 0 saturated carbocycles. The Bertz CT molecular complexity index is 3910. The van der Waals surface area contributed by atoms with E-state index in [0.29, 0.717) is 0 Å².